The van der Waals surface area contributed by atoms with Crippen LogP contribution >= 0.6 is 11.9 Å². The summed E-state index contributed by atoms with van der Waals surface area (Å²) < 4.78 is 6.49. The maximum Gasteiger partial charge on any atom is 0.420 e. The Morgan fingerprint density at radius 1 is 1.62 bits per heavy atom. The van der Waals surface area contributed by atoms with Crippen LogP contribution in [-0.4, -0.2) is 27.7 Å². The molecule has 3 N–H and O–H groups in total. The normalized spacial score (nSPS) is 10.7. The summed E-state index contributed by atoms with van der Waals surface area (Å²) in [6.45, 7) is 9.35. The van der Waals surface area contributed by atoms with Gasteiger partial charge in [-0.15, -0.1) is 6.58 Å². The molecule has 0 unspecified atom stereocenters. The van der Waals surface area contributed by atoms with Gasteiger partial charge in [0.15, 0.2) is 5.17 Å². The van der Waals surface area contributed by atoms with Crippen molar-refractivity contribution >= 4 is 23.2 Å². The molecule has 6 heteroatoms. The highest BCUT2D eigenvalue weighted by Gasteiger charge is 2.22. The molecule has 0 rings (SSSR count). The third kappa shape index (κ3) is 7.17. The summed E-state index contributed by atoms with van der Waals surface area (Å²) in [7, 11) is 0. The number of nitrogens with two attached hydrogens (primary N) is 1. The van der Waals surface area contributed by atoms with E-state index in [1.165, 1.54) is 4.31 Å². The first-order valence-corrected chi connectivity index (χ1v) is 5.67. The minimum Gasteiger partial charge on any atom is -0.443 e. The summed E-state index contributed by atoms with van der Waals surface area (Å²) in [6, 6.07) is 0. The van der Waals surface area contributed by atoms with Crippen LogP contribution in [0.5, 0.6) is 0 Å². The molecule has 0 aliphatic carbocycles. The van der Waals surface area contributed by atoms with Crippen LogP contribution in [0.2, 0.25) is 0 Å². The van der Waals surface area contributed by atoms with Gasteiger partial charge in [0.2, 0.25) is 0 Å². The van der Waals surface area contributed by atoms with Crippen molar-refractivity contribution in [1.82, 2.24) is 4.31 Å². The van der Waals surface area contributed by atoms with E-state index in [9.17, 15) is 4.79 Å². The fourth-order valence-electron chi connectivity index (χ4n) is 0.814. The van der Waals surface area contributed by atoms with Gasteiger partial charge in [-0.05, 0) is 27.2 Å². The molecule has 16 heavy (non-hydrogen) atoms. The molecule has 92 valence electrons. The Labute approximate surface area is 101 Å². The molecule has 0 atom stereocenters. The number of hydrogen-bond acceptors (Lipinski definition) is 4. The Balaban J connectivity index is 4.42. The molecule has 0 bridgehead atoms. The number of amides is 1. The van der Waals surface area contributed by atoms with Crippen molar-refractivity contribution in [3.63, 3.8) is 0 Å². The van der Waals surface area contributed by atoms with Gasteiger partial charge in [0, 0.05) is 18.5 Å². The van der Waals surface area contributed by atoms with E-state index >= 15 is 0 Å². The second-order valence-corrected chi connectivity index (χ2v) is 5.18. The van der Waals surface area contributed by atoms with Gasteiger partial charge in [-0.2, -0.15) is 0 Å². The van der Waals surface area contributed by atoms with E-state index < -0.39 is 11.7 Å². The zero-order valence-corrected chi connectivity index (χ0v) is 10.8. The molecule has 0 spiro atoms. The van der Waals surface area contributed by atoms with Gasteiger partial charge in [0.25, 0.3) is 0 Å². The average molecular weight is 245 g/mol. The Hall–Kier alpha value is -1.17. The van der Waals surface area contributed by atoms with Crippen molar-refractivity contribution in [2.45, 2.75) is 32.8 Å². The van der Waals surface area contributed by atoms with Gasteiger partial charge in [-0.3, -0.25) is 5.41 Å². The monoisotopic (exact) mass is 245 g/mol. The molecule has 0 heterocycles. The topological polar surface area (TPSA) is 79.4 Å². The van der Waals surface area contributed by atoms with Gasteiger partial charge < -0.3 is 10.5 Å². The third-order valence-electron chi connectivity index (χ3n) is 1.34. The van der Waals surface area contributed by atoms with E-state index in [1.807, 2.05) is 0 Å². The molecule has 0 aromatic carbocycles. The largest absolute Gasteiger partial charge is 0.443 e. The zero-order valence-electron chi connectivity index (χ0n) is 9.95. The van der Waals surface area contributed by atoms with Crippen LogP contribution in [0.15, 0.2) is 12.7 Å². The van der Waals surface area contributed by atoms with Crippen LogP contribution in [-0.2, 0) is 4.74 Å². The van der Waals surface area contributed by atoms with E-state index in [0.29, 0.717) is 13.0 Å². The predicted octanol–water partition coefficient (Wildman–Crippen LogP) is 2.34. The fourth-order valence-corrected chi connectivity index (χ4v) is 1.36. The lowest BCUT2D eigenvalue weighted by atomic mass is 10.2. The van der Waals surface area contributed by atoms with Crippen molar-refractivity contribution in [3.8, 4) is 0 Å². The lowest BCUT2D eigenvalue weighted by Gasteiger charge is -2.25. The predicted molar refractivity (Wildman–Crippen MR) is 67.3 cm³/mol. The van der Waals surface area contributed by atoms with Crippen molar-refractivity contribution in [2.24, 2.45) is 5.73 Å². The summed E-state index contributed by atoms with van der Waals surface area (Å²) in [4.78, 5) is 11.7. The highest BCUT2D eigenvalue weighted by atomic mass is 32.2. The first-order chi connectivity index (χ1) is 7.26. The Morgan fingerprint density at radius 2 is 2.19 bits per heavy atom. The number of carbonyl (C=O) groups excluding carboxylic acids is 1. The van der Waals surface area contributed by atoms with Crippen LogP contribution in [0.25, 0.3) is 0 Å². The molecule has 0 fully saturated rings. The second-order valence-electron chi connectivity index (χ2n) is 4.12. The molecule has 1 amide bonds. The van der Waals surface area contributed by atoms with Crippen LogP contribution in [0, 0.1) is 5.41 Å². The Bertz CT molecular complexity index is 274. The lowest BCUT2D eigenvalue weighted by Crippen LogP contribution is -2.34. The van der Waals surface area contributed by atoms with E-state index in [1.54, 1.807) is 26.8 Å². The highest BCUT2D eigenvalue weighted by Crippen LogP contribution is 2.16. The van der Waals surface area contributed by atoms with Crippen LogP contribution in [0.3, 0.4) is 0 Å². The fraction of sp³-hybridized carbons (Fsp3) is 0.600. The van der Waals surface area contributed by atoms with Crippen molar-refractivity contribution in [1.29, 1.82) is 5.41 Å². The minimum absolute atomic E-state index is 0.144. The maximum atomic E-state index is 11.7. The molecule has 0 radical (unpaired) electrons. The number of ether oxygens (including phenoxy) is 1. The SMILES string of the molecule is C=CCCN(SC(=N)N)C(=O)OC(C)(C)C. The van der Waals surface area contributed by atoms with Gasteiger partial charge in [-0.1, -0.05) is 6.08 Å². The van der Waals surface area contributed by atoms with Crippen LogP contribution in [0.1, 0.15) is 27.2 Å². The van der Waals surface area contributed by atoms with E-state index in [0.717, 1.165) is 11.9 Å². The highest BCUT2D eigenvalue weighted by molar-refractivity contribution is 8.12. The van der Waals surface area contributed by atoms with Crippen LogP contribution < -0.4 is 5.73 Å². The summed E-state index contributed by atoms with van der Waals surface area (Å²) in [5.41, 5.74) is 4.68. The first kappa shape index (κ1) is 14.8. The van der Waals surface area contributed by atoms with E-state index in [2.05, 4.69) is 6.58 Å². The number of nitrogens with one attached hydrogen (secondary N) is 1. The minimum atomic E-state index is -0.555. The molecular weight excluding hydrogens is 226 g/mol. The number of rotatable bonds is 3. The standard InChI is InChI=1S/C10H19N3O2S/c1-5-6-7-13(16-8(11)12)9(14)15-10(2,3)4/h5H,1,6-7H2,2-4H3,(H3,11,12). The number of amidine groups is 1. The van der Waals surface area contributed by atoms with Crippen molar-refractivity contribution in [3.05, 3.63) is 12.7 Å². The first-order valence-electron chi connectivity index (χ1n) is 4.89. The van der Waals surface area contributed by atoms with E-state index in [-0.39, 0.29) is 5.17 Å². The summed E-state index contributed by atoms with van der Waals surface area (Å²) >= 11 is 0.860. The third-order valence-corrected chi connectivity index (χ3v) is 2.09. The second kappa shape index (κ2) is 6.42. The Morgan fingerprint density at radius 3 is 2.56 bits per heavy atom. The van der Waals surface area contributed by atoms with Crippen molar-refractivity contribution in [2.75, 3.05) is 6.54 Å². The molecule has 0 aliphatic heterocycles. The summed E-state index contributed by atoms with van der Waals surface area (Å²) in [5.74, 6) is 0. The Kier molecular flexibility index (Phi) is 5.95. The molecular formula is C10H19N3O2S. The number of carbonyl (C=O) groups is 1. The van der Waals surface area contributed by atoms with Gasteiger partial charge >= 0.3 is 6.09 Å². The summed E-state index contributed by atoms with van der Waals surface area (Å²) in [5, 5.41) is 7.01. The van der Waals surface area contributed by atoms with Gasteiger partial charge in [-0.25, -0.2) is 9.10 Å². The quantitative estimate of drug-likeness (QED) is 0.346. The molecule has 5 nitrogen and oxygen atoms in total. The number of nitrogens with zero attached hydrogens (tertiary/aromatic N) is 1. The zero-order chi connectivity index (χ0) is 12.8. The summed E-state index contributed by atoms with van der Waals surface area (Å²) in [6.07, 6.45) is 1.83. The molecule has 0 aromatic rings. The maximum absolute atomic E-state index is 11.7. The average Bonchev–Trinajstić information content (AvgIpc) is 2.08. The van der Waals surface area contributed by atoms with Crippen LogP contribution in [0.4, 0.5) is 4.79 Å². The smallest absolute Gasteiger partial charge is 0.420 e. The van der Waals surface area contributed by atoms with Gasteiger partial charge in [0.05, 0.1) is 0 Å². The van der Waals surface area contributed by atoms with E-state index in [4.69, 9.17) is 15.9 Å². The number of hydrogen-bond donors (Lipinski definition) is 2. The lowest BCUT2D eigenvalue weighted by molar-refractivity contribution is 0.0408. The van der Waals surface area contributed by atoms with Crippen molar-refractivity contribution < 1.29 is 9.53 Å². The molecule has 0 saturated heterocycles. The molecule has 0 aromatic heterocycles. The van der Waals surface area contributed by atoms with Gasteiger partial charge in [0.1, 0.15) is 5.60 Å². The molecule has 0 saturated carbocycles. The molecule has 0 aliphatic rings.